The number of hydrogen-bond acceptors (Lipinski definition) is 2. The maximum absolute atomic E-state index is 10.8. The molecule has 2 nitrogen and oxygen atoms in total. The van der Waals surface area contributed by atoms with Crippen molar-refractivity contribution in [3.63, 3.8) is 0 Å². The zero-order valence-corrected chi connectivity index (χ0v) is 9.51. The van der Waals surface area contributed by atoms with E-state index in [2.05, 4.69) is 6.92 Å². The minimum absolute atomic E-state index is 0.295. The number of carbonyl (C=O) groups excluding carboxylic acids is 1. The van der Waals surface area contributed by atoms with Crippen molar-refractivity contribution in [2.75, 3.05) is 0 Å². The Bertz CT molecular complexity index is 190. The van der Waals surface area contributed by atoms with Crippen molar-refractivity contribution in [1.82, 2.24) is 0 Å². The summed E-state index contributed by atoms with van der Waals surface area (Å²) in [5.41, 5.74) is 1.17. The van der Waals surface area contributed by atoms with Gasteiger partial charge in [-0.2, -0.15) is 0 Å². The van der Waals surface area contributed by atoms with E-state index in [9.17, 15) is 9.90 Å². The van der Waals surface area contributed by atoms with Crippen LogP contribution in [0, 0.1) is 5.92 Å². The lowest BCUT2D eigenvalue weighted by Gasteiger charge is -2.15. The lowest BCUT2D eigenvalue weighted by atomic mass is 9.97. The first-order chi connectivity index (χ1) is 6.57. The highest BCUT2D eigenvalue weighted by atomic mass is 16.4. The first-order valence-electron chi connectivity index (χ1n) is 5.42. The number of hydrogen-bond donors (Lipinski definition) is 0. The number of carboxylic acid groups (broad SMARTS) is 1. The van der Waals surface area contributed by atoms with E-state index < -0.39 is 5.97 Å². The fourth-order valence-electron chi connectivity index (χ4n) is 1.35. The summed E-state index contributed by atoms with van der Waals surface area (Å²) in [5, 5.41) is 10.8. The molecule has 0 radical (unpaired) electrons. The minimum atomic E-state index is -0.904. The topological polar surface area (TPSA) is 40.1 Å². The molecule has 0 aromatic carbocycles. The Labute approximate surface area is 87.0 Å². The molecule has 0 aliphatic carbocycles. The van der Waals surface area contributed by atoms with E-state index in [4.69, 9.17) is 0 Å². The van der Waals surface area contributed by atoms with Crippen LogP contribution in [0.15, 0.2) is 11.6 Å². The van der Waals surface area contributed by atoms with E-state index in [-0.39, 0.29) is 5.92 Å². The van der Waals surface area contributed by atoms with Crippen molar-refractivity contribution in [1.29, 1.82) is 0 Å². The molecule has 14 heavy (non-hydrogen) atoms. The van der Waals surface area contributed by atoms with Gasteiger partial charge in [0.1, 0.15) is 0 Å². The summed E-state index contributed by atoms with van der Waals surface area (Å²) >= 11 is 0. The van der Waals surface area contributed by atoms with E-state index in [1.807, 2.05) is 19.9 Å². The van der Waals surface area contributed by atoms with Gasteiger partial charge in [0.15, 0.2) is 0 Å². The molecule has 1 unspecified atom stereocenters. The lowest BCUT2D eigenvalue weighted by Crippen LogP contribution is -2.31. The third-order valence-electron chi connectivity index (χ3n) is 2.30. The fraction of sp³-hybridized carbons (Fsp3) is 0.750. The van der Waals surface area contributed by atoms with Crippen LogP contribution in [0.1, 0.15) is 52.9 Å². The number of rotatable bonds is 7. The SMILES string of the molecule is CCCCCC(CC=C(C)C)C(=O)[O-]. The van der Waals surface area contributed by atoms with Crippen LogP contribution in [0.5, 0.6) is 0 Å². The van der Waals surface area contributed by atoms with Crippen LogP contribution in [0.3, 0.4) is 0 Å². The van der Waals surface area contributed by atoms with Gasteiger partial charge in [0.05, 0.1) is 0 Å². The van der Waals surface area contributed by atoms with Gasteiger partial charge in [0.2, 0.25) is 0 Å². The second-order valence-electron chi connectivity index (χ2n) is 4.03. The van der Waals surface area contributed by atoms with Crippen molar-refractivity contribution in [2.45, 2.75) is 52.9 Å². The maximum Gasteiger partial charge on any atom is 0.0448 e. The quantitative estimate of drug-likeness (QED) is 0.464. The van der Waals surface area contributed by atoms with Crippen LogP contribution in [0.4, 0.5) is 0 Å². The number of allylic oxidation sites excluding steroid dienone is 2. The number of aliphatic carboxylic acids is 1. The van der Waals surface area contributed by atoms with Crippen LogP contribution in [-0.2, 0) is 4.79 Å². The van der Waals surface area contributed by atoms with E-state index in [1.54, 1.807) is 0 Å². The Kier molecular flexibility index (Phi) is 7.17. The number of unbranched alkanes of at least 4 members (excludes halogenated alkanes) is 2. The van der Waals surface area contributed by atoms with E-state index >= 15 is 0 Å². The molecule has 82 valence electrons. The van der Waals surface area contributed by atoms with Crippen molar-refractivity contribution >= 4 is 5.97 Å². The second kappa shape index (κ2) is 7.60. The average Bonchev–Trinajstić information content (AvgIpc) is 2.10. The summed E-state index contributed by atoms with van der Waals surface area (Å²) in [6, 6.07) is 0. The molecule has 0 aliphatic heterocycles. The van der Waals surface area contributed by atoms with Gasteiger partial charge in [-0.25, -0.2) is 0 Å². The first-order valence-corrected chi connectivity index (χ1v) is 5.42. The summed E-state index contributed by atoms with van der Waals surface area (Å²) < 4.78 is 0. The summed E-state index contributed by atoms with van der Waals surface area (Å²) in [7, 11) is 0. The van der Waals surface area contributed by atoms with E-state index in [0.29, 0.717) is 6.42 Å². The van der Waals surface area contributed by atoms with Gasteiger partial charge >= 0.3 is 0 Å². The monoisotopic (exact) mass is 197 g/mol. The Morgan fingerprint density at radius 3 is 2.43 bits per heavy atom. The van der Waals surface area contributed by atoms with E-state index in [1.165, 1.54) is 5.57 Å². The van der Waals surface area contributed by atoms with Crippen molar-refractivity contribution < 1.29 is 9.90 Å². The van der Waals surface area contributed by atoms with Gasteiger partial charge in [-0.15, -0.1) is 0 Å². The van der Waals surface area contributed by atoms with Crippen molar-refractivity contribution in [3.8, 4) is 0 Å². The number of carboxylic acids is 1. The van der Waals surface area contributed by atoms with E-state index in [0.717, 1.165) is 25.7 Å². The maximum atomic E-state index is 10.8. The highest BCUT2D eigenvalue weighted by Gasteiger charge is 2.07. The molecule has 0 saturated heterocycles. The fourth-order valence-corrected chi connectivity index (χ4v) is 1.35. The highest BCUT2D eigenvalue weighted by molar-refractivity contribution is 5.67. The molecule has 1 atom stereocenters. The average molecular weight is 197 g/mol. The standard InChI is InChI=1S/C12H22O2/c1-4-5-6-7-11(12(13)14)9-8-10(2)3/h8,11H,4-7,9H2,1-3H3,(H,13,14)/p-1. The van der Waals surface area contributed by atoms with Crippen molar-refractivity contribution in [2.24, 2.45) is 5.92 Å². The zero-order valence-electron chi connectivity index (χ0n) is 9.51. The summed E-state index contributed by atoms with van der Waals surface area (Å²) in [5.74, 6) is -1.20. The molecule has 0 amide bonds. The molecule has 0 aliphatic rings. The minimum Gasteiger partial charge on any atom is -0.550 e. The first kappa shape index (κ1) is 13.2. The van der Waals surface area contributed by atoms with Gasteiger partial charge in [0.25, 0.3) is 0 Å². The molecule has 0 saturated carbocycles. The highest BCUT2D eigenvalue weighted by Crippen LogP contribution is 2.14. The predicted molar refractivity (Wildman–Crippen MR) is 56.7 cm³/mol. The molecule has 0 fully saturated rings. The Hall–Kier alpha value is -0.790. The smallest absolute Gasteiger partial charge is 0.0448 e. The molecule has 0 aromatic rings. The largest absolute Gasteiger partial charge is 0.550 e. The molecule has 0 spiro atoms. The van der Waals surface area contributed by atoms with Crippen LogP contribution >= 0.6 is 0 Å². The number of carbonyl (C=O) groups is 1. The molecular weight excluding hydrogens is 176 g/mol. The van der Waals surface area contributed by atoms with Gasteiger partial charge in [-0.1, -0.05) is 37.8 Å². The Balaban J connectivity index is 3.90. The van der Waals surface area contributed by atoms with Crippen LogP contribution in [0.25, 0.3) is 0 Å². The summed E-state index contributed by atoms with van der Waals surface area (Å²) in [6.45, 7) is 6.08. The summed E-state index contributed by atoms with van der Waals surface area (Å²) in [6.07, 6.45) is 6.58. The van der Waals surface area contributed by atoms with Gasteiger partial charge in [-0.3, -0.25) is 0 Å². The van der Waals surface area contributed by atoms with Crippen molar-refractivity contribution in [3.05, 3.63) is 11.6 Å². The Morgan fingerprint density at radius 1 is 1.36 bits per heavy atom. The molecule has 0 aromatic heterocycles. The predicted octanol–water partition coefficient (Wildman–Crippen LogP) is 2.29. The van der Waals surface area contributed by atoms with Gasteiger partial charge in [-0.05, 0) is 26.7 Å². The normalized spacial score (nSPS) is 12.2. The van der Waals surface area contributed by atoms with Crippen LogP contribution < -0.4 is 5.11 Å². The molecule has 0 heterocycles. The lowest BCUT2D eigenvalue weighted by molar-refractivity contribution is -0.311. The second-order valence-corrected chi connectivity index (χ2v) is 4.03. The van der Waals surface area contributed by atoms with Gasteiger partial charge in [0, 0.05) is 11.9 Å². The zero-order chi connectivity index (χ0) is 11.0. The van der Waals surface area contributed by atoms with Crippen LogP contribution in [0.2, 0.25) is 0 Å². The Morgan fingerprint density at radius 2 is 2.00 bits per heavy atom. The summed E-state index contributed by atoms with van der Waals surface area (Å²) in [4.78, 5) is 10.8. The molecule has 0 bridgehead atoms. The van der Waals surface area contributed by atoms with Gasteiger partial charge < -0.3 is 9.90 Å². The molecular formula is C12H21O2-. The molecule has 0 rings (SSSR count). The molecule has 2 heteroatoms. The molecule has 0 N–H and O–H groups in total. The van der Waals surface area contributed by atoms with Crippen LogP contribution in [-0.4, -0.2) is 5.97 Å². The third-order valence-corrected chi connectivity index (χ3v) is 2.30. The third kappa shape index (κ3) is 6.70.